The molecule has 1 atom stereocenters. The Morgan fingerprint density at radius 2 is 2.20 bits per heavy atom. The minimum absolute atomic E-state index is 0.0326. The number of hydrazine groups is 1. The zero-order valence-corrected chi connectivity index (χ0v) is 12.3. The number of hydrogen-bond acceptors (Lipinski definition) is 4. The number of aryl methyl sites for hydroxylation is 2. The summed E-state index contributed by atoms with van der Waals surface area (Å²) < 4.78 is 7.43. The molecule has 0 bridgehead atoms. The predicted octanol–water partition coefficient (Wildman–Crippen LogP) is 1.87. The second-order valence-electron chi connectivity index (χ2n) is 4.83. The van der Waals surface area contributed by atoms with E-state index in [0.717, 1.165) is 29.1 Å². The molecule has 0 aliphatic rings. The first-order valence-corrected chi connectivity index (χ1v) is 6.82. The van der Waals surface area contributed by atoms with Crippen molar-refractivity contribution in [3.63, 3.8) is 0 Å². The summed E-state index contributed by atoms with van der Waals surface area (Å²) in [5, 5.41) is 4.36. The Hall–Kier alpha value is -1.85. The average Bonchev–Trinajstić information content (AvgIpc) is 2.75. The zero-order valence-electron chi connectivity index (χ0n) is 12.3. The fourth-order valence-corrected chi connectivity index (χ4v) is 2.33. The minimum atomic E-state index is 0.0326. The fourth-order valence-electron chi connectivity index (χ4n) is 2.33. The number of ether oxygens (including phenoxy) is 1. The number of nitrogens with two attached hydrogens (primary N) is 1. The highest BCUT2D eigenvalue weighted by Gasteiger charge is 2.14. The van der Waals surface area contributed by atoms with Crippen LogP contribution in [-0.4, -0.2) is 16.4 Å². The molecule has 0 aliphatic heterocycles. The summed E-state index contributed by atoms with van der Waals surface area (Å²) in [6.45, 7) is 4.62. The molecule has 1 aromatic carbocycles. The van der Waals surface area contributed by atoms with Crippen LogP contribution in [0.1, 0.15) is 29.9 Å². The quantitative estimate of drug-likeness (QED) is 0.623. The van der Waals surface area contributed by atoms with Crippen LogP contribution in [0.15, 0.2) is 30.3 Å². The lowest BCUT2D eigenvalue weighted by atomic mass is 10.0. The van der Waals surface area contributed by atoms with Gasteiger partial charge in [-0.2, -0.15) is 5.10 Å². The molecule has 1 aromatic heterocycles. The molecule has 2 rings (SSSR count). The van der Waals surface area contributed by atoms with Gasteiger partial charge in [-0.1, -0.05) is 12.1 Å². The number of rotatable bonds is 6. The number of benzene rings is 1. The normalized spacial score (nSPS) is 12.4. The van der Waals surface area contributed by atoms with E-state index < -0.39 is 0 Å². The lowest BCUT2D eigenvalue weighted by Gasteiger charge is -2.17. The van der Waals surface area contributed by atoms with Crippen molar-refractivity contribution < 1.29 is 4.74 Å². The first kappa shape index (κ1) is 14.6. The molecular weight excluding hydrogens is 252 g/mol. The van der Waals surface area contributed by atoms with Crippen LogP contribution in [-0.2, 0) is 13.5 Å². The summed E-state index contributed by atoms with van der Waals surface area (Å²) in [6.07, 6.45) is 0.781. The van der Waals surface area contributed by atoms with Gasteiger partial charge in [0.05, 0.1) is 18.3 Å². The molecule has 0 fully saturated rings. The lowest BCUT2D eigenvalue weighted by molar-refractivity contribution is 0.339. The molecule has 108 valence electrons. The van der Waals surface area contributed by atoms with Gasteiger partial charge in [-0.25, -0.2) is 0 Å². The summed E-state index contributed by atoms with van der Waals surface area (Å²) >= 11 is 0. The van der Waals surface area contributed by atoms with Gasteiger partial charge in [0.15, 0.2) is 0 Å². The third-order valence-electron chi connectivity index (χ3n) is 3.28. The SMILES string of the molecule is CCOc1cccc(C(Cc2cc(C)nn2C)NN)c1. The van der Waals surface area contributed by atoms with Crippen LogP contribution >= 0.6 is 0 Å². The molecule has 0 saturated heterocycles. The van der Waals surface area contributed by atoms with E-state index in [-0.39, 0.29) is 6.04 Å². The van der Waals surface area contributed by atoms with E-state index in [9.17, 15) is 0 Å². The van der Waals surface area contributed by atoms with Gasteiger partial charge in [-0.05, 0) is 37.6 Å². The molecule has 2 aromatic rings. The van der Waals surface area contributed by atoms with Crippen LogP contribution in [0.25, 0.3) is 0 Å². The predicted molar refractivity (Wildman–Crippen MR) is 79.3 cm³/mol. The van der Waals surface area contributed by atoms with E-state index in [4.69, 9.17) is 10.6 Å². The molecular formula is C15H22N4O. The van der Waals surface area contributed by atoms with Gasteiger partial charge >= 0.3 is 0 Å². The van der Waals surface area contributed by atoms with Crippen LogP contribution in [0.5, 0.6) is 5.75 Å². The maximum absolute atomic E-state index is 5.71. The van der Waals surface area contributed by atoms with Crippen LogP contribution < -0.4 is 16.0 Å². The van der Waals surface area contributed by atoms with Gasteiger partial charge in [0.25, 0.3) is 0 Å². The van der Waals surface area contributed by atoms with E-state index in [1.54, 1.807) is 0 Å². The summed E-state index contributed by atoms with van der Waals surface area (Å²) in [7, 11) is 1.95. The molecule has 1 unspecified atom stereocenters. The average molecular weight is 274 g/mol. The number of nitrogens with one attached hydrogen (secondary N) is 1. The first-order valence-electron chi connectivity index (χ1n) is 6.82. The molecule has 1 heterocycles. The van der Waals surface area contributed by atoms with Crippen molar-refractivity contribution in [1.29, 1.82) is 0 Å². The Balaban J connectivity index is 2.19. The maximum Gasteiger partial charge on any atom is 0.119 e. The van der Waals surface area contributed by atoms with Crippen molar-refractivity contribution in [1.82, 2.24) is 15.2 Å². The summed E-state index contributed by atoms with van der Waals surface area (Å²) in [5.41, 5.74) is 6.15. The lowest BCUT2D eigenvalue weighted by Crippen LogP contribution is -2.30. The third kappa shape index (κ3) is 3.37. The summed E-state index contributed by atoms with van der Waals surface area (Å²) in [5.74, 6) is 6.58. The van der Waals surface area contributed by atoms with Gasteiger partial charge in [-0.3, -0.25) is 16.0 Å². The molecule has 20 heavy (non-hydrogen) atoms. The molecule has 0 saturated carbocycles. The van der Waals surface area contributed by atoms with E-state index in [0.29, 0.717) is 6.61 Å². The van der Waals surface area contributed by atoms with Crippen molar-refractivity contribution in [2.45, 2.75) is 26.3 Å². The Kier molecular flexibility index (Phi) is 4.76. The highest BCUT2D eigenvalue weighted by Crippen LogP contribution is 2.22. The Labute approximate surface area is 119 Å². The molecule has 3 N–H and O–H groups in total. The van der Waals surface area contributed by atoms with Gasteiger partial charge < -0.3 is 4.74 Å². The molecule has 0 spiro atoms. The van der Waals surface area contributed by atoms with E-state index >= 15 is 0 Å². The highest BCUT2D eigenvalue weighted by atomic mass is 16.5. The third-order valence-corrected chi connectivity index (χ3v) is 3.28. The van der Waals surface area contributed by atoms with Crippen LogP contribution in [0.2, 0.25) is 0 Å². The Morgan fingerprint density at radius 1 is 1.40 bits per heavy atom. The van der Waals surface area contributed by atoms with E-state index in [1.165, 1.54) is 0 Å². The topological polar surface area (TPSA) is 65.1 Å². The largest absolute Gasteiger partial charge is 0.494 e. The van der Waals surface area contributed by atoms with Crippen LogP contribution in [0, 0.1) is 6.92 Å². The van der Waals surface area contributed by atoms with Gasteiger partial charge in [0.1, 0.15) is 5.75 Å². The maximum atomic E-state index is 5.71. The molecule has 0 radical (unpaired) electrons. The monoisotopic (exact) mass is 274 g/mol. The zero-order chi connectivity index (χ0) is 14.5. The Bertz CT molecular complexity index is 565. The number of aromatic nitrogens is 2. The number of nitrogens with zero attached hydrogens (tertiary/aromatic N) is 2. The van der Waals surface area contributed by atoms with Crippen molar-refractivity contribution in [2.24, 2.45) is 12.9 Å². The van der Waals surface area contributed by atoms with Gasteiger partial charge in [0.2, 0.25) is 0 Å². The van der Waals surface area contributed by atoms with Crippen molar-refractivity contribution in [2.75, 3.05) is 6.61 Å². The summed E-state index contributed by atoms with van der Waals surface area (Å²) in [6, 6.07) is 10.1. The minimum Gasteiger partial charge on any atom is -0.494 e. The number of hydrogen-bond donors (Lipinski definition) is 2. The Morgan fingerprint density at radius 3 is 2.80 bits per heavy atom. The van der Waals surface area contributed by atoms with Gasteiger partial charge in [-0.15, -0.1) is 0 Å². The van der Waals surface area contributed by atoms with Crippen molar-refractivity contribution >= 4 is 0 Å². The molecule has 0 amide bonds. The summed E-state index contributed by atoms with van der Waals surface area (Å²) in [4.78, 5) is 0. The van der Waals surface area contributed by atoms with Crippen molar-refractivity contribution in [3.8, 4) is 5.75 Å². The van der Waals surface area contributed by atoms with E-state index in [1.807, 2.05) is 43.8 Å². The van der Waals surface area contributed by atoms with Crippen LogP contribution in [0.3, 0.4) is 0 Å². The first-order chi connectivity index (χ1) is 9.63. The standard InChI is InChI=1S/C15H22N4O/c1-4-20-14-7-5-6-12(9-14)15(17-16)10-13-8-11(2)18-19(13)3/h5-9,15,17H,4,10,16H2,1-3H3. The fraction of sp³-hybridized carbons (Fsp3) is 0.400. The molecule has 5 heteroatoms. The molecule has 0 aliphatic carbocycles. The van der Waals surface area contributed by atoms with Gasteiger partial charge in [0, 0.05) is 19.2 Å². The smallest absolute Gasteiger partial charge is 0.119 e. The molecule has 5 nitrogen and oxygen atoms in total. The second kappa shape index (κ2) is 6.54. The highest BCUT2D eigenvalue weighted by molar-refractivity contribution is 5.31. The van der Waals surface area contributed by atoms with E-state index in [2.05, 4.69) is 22.7 Å². The van der Waals surface area contributed by atoms with Crippen molar-refractivity contribution in [3.05, 3.63) is 47.3 Å². The second-order valence-corrected chi connectivity index (χ2v) is 4.83. The van der Waals surface area contributed by atoms with Crippen LogP contribution in [0.4, 0.5) is 0 Å².